The van der Waals surface area contributed by atoms with Crippen LogP contribution in [0.3, 0.4) is 0 Å². The van der Waals surface area contributed by atoms with Gasteiger partial charge in [-0.15, -0.1) is 0 Å². The number of amides is 1. The molecule has 2 N–H and O–H groups in total. The molecule has 0 radical (unpaired) electrons. The van der Waals surface area contributed by atoms with E-state index in [2.05, 4.69) is 4.98 Å². The summed E-state index contributed by atoms with van der Waals surface area (Å²) in [5, 5.41) is -0.133. The first-order chi connectivity index (χ1) is 13.8. The summed E-state index contributed by atoms with van der Waals surface area (Å²) in [6.45, 7) is 0. The lowest BCUT2D eigenvalue weighted by Gasteiger charge is -2.11. The molecule has 0 saturated carbocycles. The highest BCUT2D eigenvalue weighted by Crippen LogP contribution is 2.39. The molecule has 0 fully saturated rings. The standard InChI is InChI=1S/C20H13ClF3N3O2/c21-17-16(15(18(25)28)11-5-2-1-3-6-11)26-19-13(20(22,23)24)9-12(10-27(17)19)14-7-4-8-29-14/h1-10,15H,(H2,25,28). The summed E-state index contributed by atoms with van der Waals surface area (Å²) < 4.78 is 47.5. The van der Waals surface area contributed by atoms with Gasteiger partial charge in [0.1, 0.15) is 16.8 Å². The second kappa shape index (κ2) is 6.97. The maximum absolute atomic E-state index is 13.7. The number of nitrogens with two attached hydrogens (primary N) is 1. The maximum Gasteiger partial charge on any atom is 0.420 e. The summed E-state index contributed by atoms with van der Waals surface area (Å²) in [7, 11) is 0. The molecule has 9 heteroatoms. The zero-order valence-corrected chi connectivity index (χ0v) is 15.4. The number of carbonyl (C=O) groups excluding carboxylic acids is 1. The Hall–Kier alpha value is -3.26. The molecule has 148 valence electrons. The number of benzene rings is 1. The minimum atomic E-state index is -4.70. The lowest BCUT2D eigenvalue weighted by atomic mass is 9.95. The molecule has 5 nitrogen and oxygen atoms in total. The Balaban J connectivity index is 2.00. The van der Waals surface area contributed by atoms with Crippen LogP contribution in [-0.4, -0.2) is 15.3 Å². The number of primary amides is 1. The normalized spacial score (nSPS) is 13.0. The summed E-state index contributed by atoms with van der Waals surface area (Å²) in [6, 6.07) is 12.4. The molecule has 1 aromatic carbocycles. The molecule has 0 saturated heterocycles. The predicted molar refractivity (Wildman–Crippen MR) is 100 cm³/mol. The smallest absolute Gasteiger partial charge is 0.420 e. The van der Waals surface area contributed by atoms with Crippen molar-refractivity contribution in [3.8, 4) is 11.3 Å². The number of aromatic nitrogens is 2. The third-order valence-electron chi connectivity index (χ3n) is 4.49. The zero-order chi connectivity index (χ0) is 20.8. The molecule has 0 bridgehead atoms. The van der Waals surface area contributed by atoms with Crippen LogP contribution >= 0.6 is 11.6 Å². The highest BCUT2D eigenvalue weighted by molar-refractivity contribution is 6.31. The van der Waals surface area contributed by atoms with Gasteiger partial charge >= 0.3 is 6.18 Å². The summed E-state index contributed by atoms with van der Waals surface area (Å²) >= 11 is 6.40. The Morgan fingerprint density at radius 2 is 1.90 bits per heavy atom. The number of nitrogens with zero attached hydrogens (tertiary/aromatic N) is 2. The molecule has 4 aromatic rings. The molecule has 0 aliphatic carbocycles. The SMILES string of the molecule is NC(=O)C(c1ccccc1)c1nc2c(C(F)(F)F)cc(-c3ccco3)cn2c1Cl. The number of halogens is 4. The molecule has 3 heterocycles. The van der Waals surface area contributed by atoms with E-state index in [4.69, 9.17) is 21.8 Å². The number of rotatable bonds is 4. The number of furan rings is 1. The van der Waals surface area contributed by atoms with E-state index < -0.39 is 29.2 Å². The minimum absolute atomic E-state index is 0.0486. The number of pyridine rings is 1. The number of hydrogen-bond donors (Lipinski definition) is 1. The van der Waals surface area contributed by atoms with Gasteiger partial charge in [0.25, 0.3) is 0 Å². The molecule has 3 aromatic heterocycles. The van der Waals surface area contributed by atoms with Gasteiger partial charge in [0.05, 0.1) is 17.5 Å². The van der Waals surface area contributed by atoms with E-state index in [0.29, 0.717) is 5.56 Å². The number of alkyl halides is 3. The van der Waals surface area contributed by atoms with Gasteiger partial charge < -0.3 is 10.2 Å². The molecule has 1 amide bonds. The molecule has 29 heavy (non-hydrogen) atoms. The van der Waals surface area contributed by atoms with Crippen LogP contribution in [0.25, 0.3) is 17.0 Å². The first-order valence-electron chi connectivity index (χ1n) is 8.44. The highest BCUT2D eigenvalue weighted by atomic mass is 35.5. The lowest BCUT2D eigenvalue weighted by Crippen LogP contribution is -2.23. The van der Waals surface area contributed by atoms with E-state index in [9.17, 15) is 18.0 Å². The fourth-order valence-corrected chi connectivity index (χ4v) is 3.49. The van der Waals surface area contributed by atoms with Crippen LogP contribution in [0.15, 0.2) is 65.4 Å². The van der Waals surface area contributed by atoms with Gasteiger partial charge in [-0.05, 0) is 23.8 Å². The summed E-state index contributed by atoms with van der Waals surface area (Å²) in [5.41, 5.74) is 4.70. The summed E-state index contributed by atoms with van der Waals surface area (Å²) in [5.74, 6) is -1.64. The average molecular weight is 420 g/mol. The Morgan fingerprint density at radius 1 is 1.17 bits per heavy atom. The Kier molecular flexibility index (Phi) is 4.58. The first kappa shape index (κ1) is 19.1. The lowest BCUT2D eigenvalue weighted by molar-refractivity contribution is -0.136. The number of imidazole rings is 1. The first-order valence-corrected chi connectivity index (χ1v) is 8.82. The van der Waals surface area contributed by atoms with E-state index in [0.717, 1.165) is 10.5 Å². The molecule has 1 atom stereocenters. The topological polar surface area (TPSA) is 73.5 Å². The third-order valence-corrected chi connectivity index (χ3v) is 4.86. The van der Waals surface area contributed by atoms with Crippen molar-refractivity contribution < 1.29 is 22.4 Å². The maximum atomic E-state index is 13.7. The minimum Gasteiger partial charge on any atom is -0.464 e. The van der Waals surface area contributed by atoms with Crippen LogP contribution in [0.4, 0.5) is 13.2 Å². The van der Waals surface area contributed by atoms with E-state index in [1.54, 1.807) is 36.4 Å². The second-order valence-corrected chi connectivity index (χ2v) is 6.70. The van der Waals surface area contributed by atoms with E-state index in [-0.39, 0.29) is 22.2 Å². The van der Waals surface area contributed by atoms with Gasteiger partial charge in [0, 0.05) is 11.8 Å². The number of carbonyl (C=O) groups is 1. The quantitative estimate of drug-likeness (QED) is 0.512. The van der Waals surface area contributed by atoms with Gasteiger partial charge in [0.2, 0.25) is 5.91 Å². The summed E-state index contributed by atoms with van der Waals surface area (Å²) in [6.07, 6.45) is -1.97. The zero-order valence-electron chi connectivity index (χ0n) is 14.7. The third kappa shape index (κ3) is 3.36. The molecule has 1 unspecified atom stereocenters. The monoisotopic (exact) mass is 419 g/mol. The number of hydrogen-bond acceptors (Lipinski definition) is 3. The van der Waals surface area contributed by atoms with Crippen molar-refractivity contribution in [3.05, 3.63) is 83.0 Å². The molecule has 0 aliphatic rings. The van der Waals surface area contributed by atoms with Crippen LogP contribution in [0.1, 0.15) is 22.7 Å². The van der Waals surface area contributed by atoms with Crippen LogP contribution in [0.5, 0.6) is 0 Å². The molecular weight excluding hydrogens is 407 g/mol. The van der Waals surface area contributed by atoms with Crippen molar-refractivity contribution in [1.82, 2.24) is 9.38 Å². The fraction of sp³-hybridized carbons (Fsp3) is 0.100. The molecule has 0 aliphatic heterocycles. The van der Waals surface area contributed by atoms with E-state index in [1.807, 2.05) is 0 Å². The van der Waals surface area contributed by atoms with Crippen molar-refractivity contribution in [2.75, 3.05) is 0 Å². The van der Waals surface area contributed by atoms with Gasteiger partial charge in [-0.1, -0.05) is 41.9 Å². The Bertz CT molecular complexity index is 1190. The summed E-state index contributed by atoms with van der Waals surface area (Å²) in [4.78, 5) is 16.2. The second-order valence-electron chi connectivity index (χ2n) is 6.35. The van der Waals surface area contributed by atoms with Crippen LogP contribution < -0.4 is 5.73 Å². The van der Waals surface area contributed by atoms with Crippen molar-refractivity contribution in [1.29, 1.82) is 0 Å². The van der Waals surface area contributed by atoms with E-state index in [1.165, 1.54) is 18.5 Å². The Morgan fingerprint density at radius 3 is 2.48 bits per heavy atom. The van der Waals surface area contributed by atoms with Crippen LogP contribution in [-0.2, 0) is 11.0 Å². The molecular formula is C20H13ClF3N3O2. The largest absolute Gasteiger partial charge is 0.464 e. The van der Waals surface area contributed by atoms with Gasteiger partial charge in [-0.3, -0.25) is 9.20 Å². The van der Waals surface area contributed by atoms with Crippen molar-refractivity contribution in [3.63, 3.8) is 0 Å². The van der Waals surface area contributed by atoms with Crippen molar-refractivity contribution >= 4 is 23.2 Å². The number of fused-ring (bicyclic) bond motifs is 1. The van der Waals surface area contributed by atoms with Crippen molar-refractivity contribution in [2.45, 2.75) is 12.1 Å². The highest BCUT2D eigenvalue weighted by Gasteiger charge is 2.37. The van der Waals surface area contributed by atoms with Gasteiger partial charge in [-0.25, -0.2) is 4.98 Å². The van der Waals surface area contributed by atoms with E-state index >= 15 is 0 Å². The Labute approximate surface area is 167 Å². The van der Waals surface area contributed by atoms with Crippen LogP contribution in [0.2, 0.25) is 5.15 Å². The average Bonchev–Trinajstić information content (AvgIpc) is 3.31. The van der Waals surface area contributed by atoms with Crippen LogP contribution in [0, 0.1) is 0 Å². The fourth-order valence-electron chi connectivity index (χ4n) is 3.21. The van der Waals surface area contributed by atoms with Crippen molar-refractivity contribution in [2.24, 2.45) is 5.73 Å². The van der Waals surface area contributed by atoms with Gasteiger partial charge in [-0.2, -0.15) is 13.2 Å². The molecule has 0 spiro atoms. The predicted octanol–water partition coefficient (Wildman–Crippen LogP) is 4.88. The van der Waals surface area contributed by atoms with Gasteiger partial charge in [0.15, 0.2) is 5.65 Å². The molecule has 4 rings (SSSR count).